The van der Waals surface area contributed by atoms with Gasteiger partial charge in [-0.1, -0.05) is 36.4 Å². The third-order valence-corrected chi connectivity index (χ3v) is 7.01. The number of Topliss-reactive ketones (excluding diaryl/α,β-unsaturated/α-hetero) is 1. The monoisotopic (exact) mass is 316 g/mol. The Labute approximate surface area is 135 Å². The number of benzene rings is 1. The van der Waals surface area contributed by atoms with Crippen molar-refractivity contribution in [3.05, 3.63) is 57.4 Å². The molecule has 21 heavy (non-hydrogen) atoms. The van der Waals surface area contributed by atoms with Gasteiger partial charge in [-0.3, -0.25) is 4.79 Å². The predicted octanol–water partition coefficient (Wildman–Crippen LogP) is 4.95. The number of carbonyl (C=O) groups is 1. The molecular formula is C18H20OS2. The molecule has 3 heteroatoms. The fourth-order valence-corrected chi connectivity index (χ4v) is 4.81. The molecular weight excluding hydrogens is 296 g/mol. The van der Waals surface area contributed by atoms with Crippen LogP contribution >= 0.6 is 23.5 Å². The van der Waals surface area contributed by atoms with E-state index in [9.17, 15) is 4.79 Å². The van der Waals surface area contributed by atoms with E-state index in [1.54, 1.807) is 23.5 Å². The first-order chi connectivity index (χ1) is 10.1. The van der Waals surface area contributed by atoms with Gasteiger partial charge in [-0.2, -0.15) is 0 Å². The van der Waals surface area contributed by atoms with Gasteiger partial charge in [0, 0.05) is 15.2 Å². The molecule has 0 heterocycles. The maximum absolute atomic E-state index is 12.6. The van der Waals surface area contributed by atoms with Crippen molar-refractivity contribution in [3.8, 4) is 0 Å². The number of hydrogen-bond donors (Lipinski definition) is 0. The summed E-state index contributed by atoms with van der Waals surface area (Å²) in [6.45, 7) is 2.15. The van der Waals surface area contributed by atoms with Gasteiger partial charge < -0.3 is 0 Å². The van der Waals surface area contributed by atoms with Gasteiger partial charge in [0.25, 0.3) is 0 Å². The molecule has 0 aromatic heterocycles. The van der Waals surface area contributed by atoms with E-state index in [0.29, 0.717) is 11.7 Å². The number of thioether (sulfide) groups is 2. The smallest absolute Gasteiger partial charge is 0.170 e. The van der Waals surface area contributed by atoms with Gasteiger partial charge in [0.1, 0.15) is 0 Å². The second-order valence-electron chi connectivity index (χ2n) is 5.87. The van der Waals surface area contributed by atoms with Crippen molar-refractivity contribution < 1.29 is 4.79 Å². The van der Waals surface area contributed by atoms with Gasteiger partial charge >= 0.3 is 0 Å². The molecule has 1 aromatic carbocycles. The lowest BCUT2D eigenvalue weighted by molar-refractivity contribution is 0.0912. The molecule has 2 aliphatic carbocycles. The van der Waals surface area contributed by atoms with Crippen LogP contribution in [0, 0.1) is 11.3 Å². The standard InChI is InChI=1S/C18H20OS2/c1-12(17(20-2)21-3)8-9-14-11-18(14)10-13-6-4-5-7-15(13)16(18)19/h4-9,14H,10-11H2,1-3H3/b9-8+. The zero-order valence-electron chi connectivity index (χ0n) is 12.7. The quantitative estimate of drug-likeness (QED) is 0.732. The molecule has 2 aliphatic rings. The highest BCUT2D eigenvalue weighted by Gasteiger charge is 2.61. The third-order valence-electron chi connectivity index (χ3n) is 4.63. The summed E-state index contributed by atoms with van der Waals surface area (Å²) in [5, 5.41) is 0. The van der Waals surface area contributed by atoms with Crippen molar-refractivity contribution in [2.45, 2.75) is 19.8 Å². The lowest BCUT2D eigenvalue weighted by Crippen LogP contribution is -2.12. The van der Waals surface area contributed by atoms with Gasteiger partial charge in [0.2, 0.25) is 0 Å². The molecule has 0 saturated heterocycles. The maximum Gasteiger partial charge on any atom is 0.170 e. The van der Waals surface area contributed by atoms with E-state index in [0.717, 1.165) is 18.4 Å². The fraction of sp³-hybridized carbons (Fsp3) is 0.389. The Kier molecular flexibility index (Phi) is 4.06. The number of hydrogen-bond acceptors (Lipinski definition) is 3. The van der Waals surface area contributed by atoms with Crippen molar-refractivity contribution in [3.63, 3.8) is 0 Å². The van der Waals surface area contributed by atoms with Crippen LogP contribution in [0.15, 0.2) is 46.2 Å². The second kappa shape index (κ2) is 5.69. The molecule has 1 saturated carbocycles. The van der Waals surface area contributed by atoms with Crippen LogP contribution in [-0.4, -0.2) is 18.3 Å². The van der Waals surface area contributed by atoms with Crippen LogP contribution in [0.5, 0.6) is 0 Å². The normalized spacial score (nSPS) is 26.4. The van der Waals surface area contributed by atoms with Crippen LogP contribution in [0.3, 0.4) is 0 Å². The highest BCUT2D eigenvalue weighted by Crippen LogP contribution is 2.61. The van der Waals surface area contributed by atoms with E-state index in [1.807, 2.05) is 18.2 Å². The predicted molar refractivity (Wildman–Crippen MR) is 93.9 cm³/mol. The molecule has 3 rings (SSSR count). The van der Waals surface area contributed by atoms with E-state index >= 15 is 0 Å². The van der Waals surface area contributed by atoms with Crippen LogP contribution in [0.4, 0.5) is 0 Å². The molecule has 1 spiro atoms. The first kappa shape index (κ1) is 15.0. The van der Waals surface area contributed by atoms with E-state index < -0.39 is 0 Å². The van der Waals surface area contributed by atoms with Gasteiger partial charge in [0.15, 0.2) is 5.78 Å². The average Bonchev–Trinajstić information content (AvgIpc) is 3.12. The molecule has 0 bridgehead atoms. The Morgan fingerprint density at radius 2 is 2.00 bits per heavy atom. The van der Waals surface area contributed by atoms with Crippen molar-refractivity contribution in [2.75, 3.05) is 12.5 Å². The molecule has 110 valence electrons. The number of allylic oxidation sites excluding steroid dienone is 3. The zero-order valence-corrected chi connectivity index (χ0v) is 14.3. The Hall–Kier alpha value is -0.930. The van der Waals surface area contributed by atoms with Crippen molar-refractivity contribution >= 4 is 29.3 Å². The molecule has 1 nitrogen and oxygen atoms in total. The molecule has 1 fully saturated rings. The van der Waals surface area contributed by atoms with Crippen LogP contribution < -0.4 is 0 Å². The minimum Gasteiger partial charge on any atom is -0.294 e. The molecule has 0 amide bonds. The van der Waals surface area contributed by atoms with Gasteiger partial charge in [-0.05, 0) is 49.3 Å². The van der Waals surface area contributed by atoms with E-state index in [2.05, 4.69) is 37.7 Å². The summed E-state index contributed by atoms with van der Waals surface area (Å²) in [4.78, 5) is 12.6. The summed E-state index contributed by atoms with van der Waals surface area (Å²) >= 11 is 3.58. The van der Waals surface area contributed by atoms with E-state index in [-0.39, 0.29) is 5.41 Å². The molecule has 1 aromatic rings. The summed E-state index contributed by atoms with van der Waals surface area (Å²) in [6.07, 6.45) is 10.6. The summed E-state index contributed by atoms with van der Waals surface area (Å²) < 4.78 is 1.35. The summed E-state index contributed by atoms with van der Waals surface area (Å²) in [5.41, 5.74) is 3.38. The number of fused-ring (bicyclic) bond motifs is 1. The van der Waals surface area contributed by atoms with Crippen LogP contribution in [0.2, 0.25) is 0 Å². The summed E-state index contributed by atoms with van der Waals surface area (Å²) in [5.74, 6) is 0.779. The summed E-state index contributed by atoms with van der Waals surface area (Å²) in [6, 6.07) is 8.09. The topological polar surface area (TPSA) is 17.1 Å². The Morgan fingerprint density at radius 1 is 1.29 bits per heavy atom. The third kappa shape index (κ3) is 2.51. The van der Waals surface area contributed by atoms with Gasteiger partial charge in [-0.15, -0.1) is 23.5 Å². The van der Waals surface area contributed by atoms with Crippen molar-refractivity contribution in [1.29, 1.82) is 0 Å². The Bertz CT molecular complexity index is 638. The molecule has 0 N–H and O–H groups in total. The zero-order chi connectivity index (χ0) is 15.0. The number of ketones is 1. The molecule has 0 aliphatic heterocycles. The SMILES string of the molecule is CSC(SC)=C(C)/C=C/C1CC12Cc1ccccc1C2=O. The highest BCUT2D eigenvalue weighted by molar-refractivity contribution is 8.21. The lowest BCUT2D eigenvalue weighted by atomic mass is 9.98. The van der Waals surface area contributed by atoms with E-state index in [4.69, 9.17) is 0 Å². The number of rotatable bonds is 4. The van der Waals surface area contributed by atoms with Crippen molar-refractivity contribution in [2.24, 2.45) is 11.3 Å². The van der Waals surface area contributed by atoms with Crippen LogP contribution in [0.25, 0.3) is 0 Å². The lowest BCUT2D eigenvalue weighted by Gasteiger charge is -2.05. The molecule has 0 radical (unpaired) electrons. The first-order valence-electron chi connectivity index (χ1n) is 7.22. The second-order valence-corrected chi connectivity index (χ2v) is 7.76. The maximum atomic E-state index is 12.6. The van der Waals surface area contributed by atoms with Crippen LogP contribution in [-0.2, 0) is 6.42 Å². The minimum atomic E-state index is -0.112. The van der Waals surface area contributed by atoms with E-state index in [1.165, 1.54) is 15.4 Å². The van der Waals surface area contributed by atoms with Gasteiger partial charge in [0.05, 0.1) is 0 Å². The minimum absolute atomic E-state index is 0.112. The van der Waals surface area contributed by atoms with Crippen LogP contribution in [0.1, 0.15) is 29.3 Å². The fourth-order valence-electron chi connectivity index (χ4n) is 3.37. The van der Waals surface area contributed by atoms with Gasteiger partial charge in [-0.25, -0.2) is 0 Å². The Morgan fingerprint density at radius 3 is 2.67 bits per heavy atom. The largest absolute Gasteiger partial charge is 0.294 e. The summed E-state index contributed by atoms with van der Waals surface area (Å²) in [7, 11) is 0. The molecule has 2 atom stereocenters. The highest BCUT2D eigenvalue weighted by atomic mass is 32.2. The Balaban J connectivity index is 1.76. The molecule has 2 unspecified atom stereocenters. The average molecular weight is 316 g/mol. The number of carbonyl (C=O) groups excluding carboxylic acids is 1. The first-order valence-corrected chi connectivity index (χ1v) is 9.67. The van der Waals surface area contributed by atoms with Crippen molar-refractivity contribution in [1.82, 2.24) is 0 Å².